The second-order valence-corrected chi connectivity index (χ2v) is 3.63. The Morgan fingerprint density at radius 1 is 1.47 bits per heavy atom. The van der Waals surface area contributed by atoms with E-state index in [9.17, 15) is 5.21 Å². The number of hydrogen-bond donors (Lipinski definition) is 1. The van der Waals surface area contributed by atoms with Gasteiger partial charge in [0.1, 0.15) is 6.21 Å². The Hall–Kier alpha value is -1.91. The van der Waals surface area contributed by atoms with E-state index in [1.54, 1.807) is 38.4 Å². The number of hydroxylamine groups is 1. The number of nitrogens with zero attached hydrogens (tertiary/aromatic N) is 3. The average Bonchev–Trinajstić information content (AvgIpc) is 2.19. The first kappa shape index (κ1) is 11.2. The van der Waals surface area contributed by atoms with Crippen molar-refractivity contribution in [1.29, 1.82) is 0 Å². The van der Waals surface area contributed by atoms with Crippen LogP contribution in [0, 0.1) is 5.21 Å². The second kappa shape index (κ2) is 4.54. The summed E-state index contributed by atoms with van der Waals surface area (Å²) in [5, 5.41) is 22.9. The van der Waals surface area contributed by atoms with Crippen LogP contribution in [0.2, 0.25) is 0 Å². The van der Waals surface area contributed by atoms with Crippen molar-refractivity contribution in [2.24, 2.45) is 5.16 Å². The van der Waals surface area contributed by atoms with Crippen LogP contribution >= 0.6 is 0 Å². The molecule has 0 bridgehead atoms. The number of hydrogen-bond acceptors (Lipinski definition) is 4. The molecule has 0 unspecified atom stereocenters. The van der Waals surface area contributed by atoms with Gasteiger partial charge in [-0.05, 0) is 12.1 Å². The van der Waals surface area contributed by atoms with E-state index in [1.807, 2.05) is 0 Å². The summed E-state index contributed by atoms with van der Waals surface area (Å²) in [6.07, 6.45) is 5.81. The molecule has 1 rings (SSSR count). The molecule has 0 amide bonds. The van der Waals surface area contributed by atoms with E-state index >= 15 is 0 Å². The standard InChI is InChI=1S/C10H13N3O2/c1-10(2,8-12-14)13(15)7-9-3-5-11-6-4-9/h3-8,14H,1-2H3/b12-8+,13-7-. The van der Waals surface area contributed by atoms with Crippen LogP contribution in [0.25, 0.3) is 0 Å². The maximum Gasteiger partial charge on any atom is 0.205 e. The summed E-state index contributed by atoms with van der Waals surface area (Å²) in [5.74, 6) is 0. The van der Waals surface area contributed by atoms with Crippen LogP contribution in [0.5, 0.6) is 0 Å². The van der Waals surface area contributed by atoms with Gasteiger partial charge in [-0.2, -0.15) is 0 Å². The number of pyridine rings is 1. The Kier molecular flexibility index (Phi) is 3.38. The molecule has 15 heavy (non-hydrogen) atoms. The quantitative estimate of drug-likeness (QED) is 0.266. The maximum atomic E-state index is 11.7. The van der Waals surface area contributed by atoms with Crippen LogP contribution < -0.4 is 0 Å². The molecule has 0 fully saturated rings. The molecule has 0 aromatic carbocycles. The van der Waals surface area contributed by atoms with Crippen molar-refractivity contribution in [2.75, 3.05) is 0 Å². The fourth-order valence-electron chi connectivity index (χ4n) is 0.949. The summed E-state index contributed by atoms with van der Waals surface area (Å²) < 4.78 is 0.724. The van der Waals surface area contributed by atoms with E-state index < -0.39 is 5.54 Å². The fraction of sp³-hybridized carbons (Fsp3) is 0.300. The van der Waals surface area contributed by atoms with Gasteiger partial charge in [-0.15, -0.1) is 0 Å². The molecule has 0 aliphatic rings. The molecule has 0 aliphatic carbocycles. The molecule has 0 saturated carbocycles. The molecule has 0 aliphatic heterocycles. The van der Waals surface area contributed by atoms with Gasteiger partial charge in [0, 0.05) is 31.8 Å². The minimum absolute atomic E-state index is 0.724. The average molecular weight is 207 g/mol. The molecular weight excluding hydrogens is 194 g/mol. The van der Waals surface area contributed by atoms with Crippen molar-refractivity contribution in [1.82, 2.24) is 4.98 Å². The molecule has 0 spiro atoms. The predicted octanol–water partition coefficient (Wildman–Crippen LogP) is 1.25. The summed E-state index contributed by atoms with van der Waals surface area (Å²) in [6.45, 7) is 3.30. The molecular formula is C10H13N3O2. The highest BCUT2D eigenvalue weighted by Crippen LogP contribution is 2.05. The van der Waals surface area contributed by atoms with Crippen molar-refractivity contribution >= 4 is 12.4 Å². The summed E-state index contributed by atoms with van der Waals surface area (Å²) in [5.41, 5.74) is -0.128. The zero-order valence-corrected chi connectivity index (χ0v) is 8.66. The van der Waals surface area contributed by atoms with Crippen LogP contribution in [0.3, 0.4) is 0 Å². The zero-order valence-electron chi connectivity index (χ0n) is 8.66. The van der Waals surface area contributed by atoms with Gasteiger partial charge in [0.2, 0.25) is 5.54 Å². The lowest BCUT2D eigenvalue weighted by molar-refractivity contribution is -0.511. The van der Waals surface area contributed by atoms with Crippen LogP contribution in [0.4, 0.5) is 0 Å². The van der Waals surface area contributed by atoms with Crippen LogP contribution in [0.15, 0.2) is 29.7 Å². The monoisotopic (exact) mass is 207 g/mol. The Morgan fingerprint density at radius 3 is 2.60 bits per heavy atom. The largest absolute Gasteiger partial charge is 0.623 e. The third-order valence-corrected chi connectivity index (χ3v) is 1.91. The van der Waals surface area contributed by atoms with Gasteiger partial charge in [-0.25, -0.2) is 4.74 Å². The Morgan fingerprint density at radius 2 is 2.07 bits per heavy atom. The van der Waals surface area contributed by atoms with Crippen LogP contribution in [-0.2, 0) is 0 Å². The molecule has 1 aromatic rings. The van der Waals surface area contributed by atoms with Gasteiger partial charge in [-0.1, -0.05) is 5.16 Å². The maximum absolute atomic E-state index is 11.7. The smallest absolute Gasteiger partial charge is 0.205 e. The van der Waals surface area contributed by atoms with Gasteiger partial charge in [0.15, 0.2) is 6.21 Å². The molecule has 1 heterocycles. The highest BCUT2D eigenvalue weighted by Gasteiger charge is 2.23. The van der Waals surface area contributed by atoms with Gasteiger partial charge in [-0.3, -0.25) is 4.98 Å². The third-order valence-electron chi connectivity index (χ3n) is 1.91. The first-order valence-corrected chi connectivity index (χ1v) is 4.46. The second-order valence-electron chi connectivity index (χ2n) is 3.63. The van der Waals surface area contributed by atoms with Gasteiger partial charge < -0.3 is 10.4 Å². The van der Waals surface area contributed by atoms with E-state index in [0.29, 0.717) is 0 Å². The van der Waals surface area contributed by atoms with Gasteiger partial charge >= 0.3 is 0 Å². The van der Waals surface area contributed by atoms with E-state index in [4.69, 9.17) is 5.21 Å². The lowest BCUT2D eigenvalue weighted by Gasteiger charge is -2.18. The van der Waals surface area contributed by atoms with Crippen LogP contribution in [-0.4, -0.2) is 32.9 Å². The molecule has 1 aromatic heterocycles. The Balaban J connectivity index is 2.94. The molecule has 0 atom stereocenters. The summed E-state index contributed by atoms with van der Waals surface area (Å²) in [7, 11) is 0. The molecule has 80 valence electrons. The minimum Gasteiger partial charge on any atom is -0.623 e. The molecule has 0 radical (unpaired) electrons. The van der Waals surface area contributed by atoms with Crippen LogP contribution in [0.1, 0.15) is 19.4 Å². The minimum atomic E-state index is -0.877. The highest BCUT2D eigenvalue weighted by atomic mass is 16.5. The molecule has 5 heteroatoms. The van der Waals surface area contributed by atoms with Crippen molar-refractivity contribution in [2.45, 2.75) is 19.4 Å². The predicted molar refractivity (Wildman–Crippen MR) is 57.4 cm³/mol. The van der Waals surface area contributed by atoms with Crippen molar-refractivity contribution in [3.05, 3.63) is 35.3 Å². The van der Waals surface area contributed by atoms with Crippen molar-refractivity contribution < 1.29 is 9.95 Å². The highest BCUT2D eigenvalue weighted by molar-refractivity contribution is 5.77. The van der Waals surface area contributed by atoms with E-state index in [-0.39, 0.29) is 0 Å². The molecule has 5 nitrogen and oxygen atoms in total. The third kappa shape index (κ3) is 3.05. The SMILES string of the molecule is CC(C)(/C=N/O)/[N+]([O-])=C/c1ccncc1. The van der Waals surface area contributed by atoms with E-state index in [2.05, 4.69) is 10.1 Å². The Labute approximate surface area is 88.0 Å². The lowest BCUT2D eigenvalue weighted by atomic mass is 10.1. The summed E-state index contributed by atoms with van der Waals surface area (Å²) in [6, 6.07) is 3.44. The summed E-state index contributed by atoms with van der Waals surface area (Å²) >= 11 is 0. The van der Waals surface area contributed by atoms with Crippen molar-refractivity contribution in [3.8, 4) is 0 Å². The van der Waals surface area contributed by atoms with E-state index in [0.717, 1.165) is 10.3 Å². The normalized spacial score (nSPS) is 13.3. The van der Waals surface area contributed by atoms with Gasteiger partial charge in [0.05, 0.1) is 0 Å². The van der Waals surface area contributed by atoms with Gasteiger partial charge in [0.25, 0.3) is 0 Å². The summed E-state index contributed by atoms with van der Waals surface area (Å²) in [4.78, 5) is 3.84. The number of rotatable bonds is 3. The Bertz CT molecular complexity index is 372. The first-order valence-electron chi connectivity index (χ1n) is 4.46. The fourth-order valence-corrected chi connectivity index (χ4v) is 0.949. The lowest BCUT2D eigenvalue weighted by Crippen LogP contribution is -2.35. The topological polar surface area (TPSA) is 71.5 Å². The van der Waals surface area contributed by atoms with Crippen molar-refractivity contribution in [3.63, 3.8) is 0 Å². The van der Waals surface area contributed by atoms with E-state index in [1.165, 1.54) is 12.4 Å². The molecule has 0 saturated heterocycles. The number of aromatic nitrogens is 1. The number of oxime groups is 1. The zero-order chi connectivity index (χ0) is 11.3. The first-order chi connectivity index (χ1) is 7.06. The molecule has 1 N–H and O–H groups in total.